The normalized spacial score (nSPS) is 12.7. The lowest BCUT2D eigenvalue weighted by Gasteiger charge is -2.16. The van der Waals surface area contributed by atoms with E-state index in [1.165, 1.54) is 6.07 Å². The molecule has 7 nitrogen and oxygen atoms in total. The molecule has 32 heavy (non-hydrogen) atoms. The number of hydrogen-bond donors (Lipinski definition) is 2. The average molecular weight is 453 g/mol. The summed E-state index contributed by atoms with van der Waals surface area (Å²) < 4.78 is 16.3. The summed E-state index contributed by atoms with van der Waals surface area (Å²) >= 11 is 6.07. The molecule has 0 bridgehead atoms. The van der Waals surface area contributed by atoms with Crippen molar-refractivity contribution in [3.05, 3.63) is 82.9 Å². The molecule has 1 aliphatic rings. The van der Waals surface area contributed by atoms with Gasteiger partial charge in [-0.2, -0.15) is 0 Å². The van der Waals surface area contributed by atoms with Gasteiger partial charge in [0.15, 0.2) is 18.1 Å². The highest BCUT2D eigenvalue weighted by molar-refractivity contribution is 6.31. The van der Waals surface area contributed by atoms with Crippen LogP contribution in [0.2, 0.25) is 5.02 Å². The lowest BCUT2D eigenvalue weighted by atomic mass is 10.1. The highest BCUT2D eigenvalue weighted by atomic mass is 35.5. The summed E-state index contributed by atoms with van der Waals surface area (Å²) in [6.07, 6.45) is 0. The molecule has 0 saturated heterocycles. The number of hydrogen-bond acceptors (Lipinski definition) is 5. The number of carbonyl (C=O) groups is 2. The molecule has 0 aromatic heterocycles. The Morgan fingerprint density at radius 3 is 2.62 bits per heavy atom. The summed E-state index contributed by atoms with van der Waals surface area (Å²) in [5.41, 5.74) is 1.74. The Morgan fingerprint density at radius 1 is 1.03 bits per heavy atom. The maximum absolute atomic E-state index is 12.7. The largest absolute Gasteiger partial charge is 0.483 e. The van der Waals surface area contributed by atoms with E-state index in [-0.39, 0.29) is 42.6 Å². The summed E-state index contributed by atoms with van der Waals surface area (Å²) in [4.78, 5) is 25.2. The van der Waals surface area contributed by atoms with Crippen molar-refractivity contribution in [1.82, 2.24) is 5.32 Å². The van der Waals surface area contributed by atoms with E-state index in [0.717, 1.165) is 5.56 Å². The van der Waals surface area contributed by atoms with Crippen LogP contribution in [0.15, 0.2) is 66.7 Å². The molecule has 1 heterocycles. The summed E-state index contributed by atoms with van der Waals surface area (Å²) in [6.45, 7) is 1.78. The topological polar surface area (TPSA) is 85.9 Å². The number of amides is 2. The van der Waals surface area contributed by atoms with Gasteiger partial charge in [-0.25, -0.2) is 0 Å². The van der Waals surface area contributed by atoms with Crippen LogP contribution in [0, 0.1) is 0 Å². The molecule has 3 aromatic rings. The first-order valence-electron chi connectivity index (χ1n) is 9.97. The highest BCUT2D eigenvalue weighted by Crippen LogP contribution is 2.34. The second kappa shape index (κ2) is 9.62. The van der Waals surface area contributed by atoms with E-state index >= 15 is 0 Å². The third-order valence-electron chi connectivity index (χ3n) is 4.85. The number of benzene rings is 3. The molecule has 4 rings (SSSR count). The number of ether oxygens (including phenoxy) is 3. The van der Waals surface area contributed by atoms with E-state index in [9.17, 15) is 9.59 Å². The zero-order valence-corrected chi connectivity index (χ0v) is 18.0. The van der Waals surface area contributed by atoms with Crippen molar-refractivity contribution in [2.24, 2.45) is 0 Å². The Kier molecular flexibility index (Phi) is 6.47. The van der Waals surface area contributed by atoms with E-state index < -0.39 is 0 Å². The van der Waals surface area contributed by atoms with Gasteiger partial charge in [0.05, 0.1) is 11.6 Å². The quantitative estimate of drug-likeness (QED) is 0.548. The third kappa shape index (κ3) is 5.12. The van der Waals surface area contributed by atoms with Crippen molar-refractivity contribution in [2.45, 2.75) is 13.0 Å². The average Bonchev–Trinajstić information content (AvgIpc) is 3.27. The highest BCUT2D eigenvalue weighted by Gasteiger charge is 2.18. The fourth-order valence-corrected chi connectivity index (χ4v) is 3.39. The van der Waals surface area contributed by atoms with Gasteiger partial charge in [0, 0.05) is 10.7 Å². The molecule has 0 spiro atoms. The predicted molar refractivity (Wildman–Crippen MR) is 120 cm³/mol. The van der Waals surface area contributed by atoms with Gasteiger partial charge in [0.1, 0.15) is 5.75 Å². The van der Waals surface area contributed by atoms with Crippen LogP contribution in [0.25, 0.3) is 0 Å². The van der Waals surface area contributed by atoms with Gasteiger partial charge < -0.3 is 24.8 Å². The van der Waals surface area contributed by atoms with Crippen LogP contribution in [-0.2, 0) is 4.79 Å². The van der Waals surface area contributed by atoms with Crippen molar-refractivity contribution >= 4 is 29.1 Å². The molecule has 1 aliphatic heterocycles. The molecule has 0 aliphatic carbocycles. The summed E-state index contributed by atoms with van der Waals surface area (Å²) in [5, 5.41) is 6.04. The monoisotopic (exact) mass is 452 g/mol. The van der Waals surface area contributed by atoms with Crippen molar-refractivity contribution in [3.8, 4) is 17.2 Å². The Bertz CT molecular complexity index is 1140. The Labute approximate surface area is 190 Å². The molecule has 3 aromatic carbocycles. The number of nitrogens with one attached hydrogen (secondary N) is 2. The van der Waals surface area contributed by atoms with Crippen molar-refractivity contribution in [3.63, 3.8) is 0 Å². The van der Waals surface area contributed by atoms with E-state index in [2.05, 4.69) is 10.6 Å². The molecule has 2 amide bonds. The van der Waals surface area contributed by atoms with Crippen LogP contribution in [0.5, 0.6) is 17.2 Å². The number of halogens is 1. The van der Waals surface area contributed by atoms with Crippen LogP contribution in [0.3, 0.4) is 0 Å². The van der Waals surface area contributed by atoms with E-state index in [1.54, 1.807) is 24.3 Å². The summed E-state index contributed by atoms with van der Waals surface area (Å²) in [5.74, 6) is 0.867. The van der Waals surface area contributed by atoms with Crippen LogP contribution in [0.4, 0.5) is 5.69 Å². The van der Waals surface area contributed by atoms with Crippen molar-refractivity contribution < 1.29 is 23.8 Å². The van der Waals surface area contributed by atoms with E-state index in [0.29, 0.717) is 22.2 Å². The maximum Gasteiger partial charge on any atom is 0.259 e. The molecule has 1 atom stereocenters. The number of fused-ring (bicyclic) bond motifs is 1. The van der Waals surface area contributed by atoms with Gasteiger partial charge in [0.2, 0.25) is 6.79 Å². The second-order valence-electron chi connectivity index (χ2n) is 7.15. The fraction of sp³-hybridized carbons (Fsp3) is 0.167. The first-order chi connectivity index (χ1) is 15.5. The lowest BCUT2D eigenvalue weighted by Crippen LogP contribution is -2.31. The maximum atomic E-state index is 12.7. The van der Waals surface area contributed by atoms with Gasteiger partial charge in [-0.15, -0.1) is 0 Å². The van der Waals surface area contributed by atoms with E-state index in [4.69, 9.17) is 25.8 Å². The molecule has 2 N–H and O–H groups in total. The Balaban J connectivity index is 1.38. The molecule has 1 unspecified atom stereocenters. The number of rotatable bonds is 7. The second-order valence-corrected chi connectivity index (χ2v) is 7.59. The molecule has 0 radical (unpaired) electrons. The van der Waals surface area contributed by atoms with Gasteiger partial charge in [-0.1, -0.05) is 35.9 Å². The van der Waals surface area contributed by atoms with Gasteiger partial charge in [-0.05, 0) is 55.0 Å². The van der Waals surface area contributed by atoms with Gasteiger partial charge >= 0.3 is 0 Å². The lowest BCUT2D eigenvalue weighted by molar-refractivity contribution is -0.123. The van der Waals surface area contributed by atoms with Crippen LogP contribution < -0.4 is 24.8 Å². The zero-order chi connectivity index (χ0) is 22.5. The number of carbonyl (C=O) groups excluding carboxylic acids is 2. The number of para-hydroxylation sites is 1. The Hall–Kier alpha value is -3.71. The van der Waals surface area contributed by atoms with Crippen LogP contribution >= 0.6 is 11.6 Å². The van der Waals surface area contributed by atoms with Gasteiger partial charge in [-0.3, -0.25) is 9.59 Å². The van der Waals surface area contributed by atoms with Crippen molar-refractivity contribution in [2.75, 3.05) is 18.7 Å². The zero-order valence-electron chi connectivity index (χ0n) is 17.3. The Morgan fingerprint density at radius 2 is 1.81 bits per heavy atom. The SMILES string of the molecule is CC(NC(=O)COc1ccc(Cl)cc1C(=O)Nc1ccccc1)c1ccc2c(c1)OCO2. The number of anilines is 1. The van der Waals surface area contributed by atoms with Gasteiger partial charge in [0.25, 0.3) is 11.8 Å². The molecule has 164 valence electrons. The minimum absolute atomic E-state index is 0.189. The smallest absolute Gasteiger partial charge is 0.259 e. The minimum atomic E-state index is -0.386. The first-order valence-corrected chi connectivity index (χ1v) is 10.3. The molecular formula is C24H21ClN2O5. The summed E-state index contributed by atoms with van der Waals surface area (Å²) in [6, 6.07) is 18.9. The molecule has 0 saturated carbocycles. The molecular weight excluding hydrogens is 432 g/mol. The first kappa shape index (κ1) is 21.5. The fourth-order valence-electron chi connectivity index (χ4n) is 3.22. The standard InChI is InChI=1S/C24H21ClN2O5/c1-15(16-7-9-21-22(11-16)32-14-31-21)26-23(28)13-30-20-10-8-17(25)12-19(20)24(29)27-18-5-3-2-4-6-18/h2-12,15H,13-14H2,1H3,(H,26,28)(H,27,29). The van der Waals surface area contributed by atoms with E-state index in [1.807, 2.05) is 43.3 Å². The van der Waals surface area contributed by atoms with Crippen LogP contribution in [0.1, 0.15) is 28.9 Å². The van der Waals surface area contributed by atoms with Crippen LogP contribution in [-0.4, -0.2) is 25.2 Å². The predicted octanol–water partition coefficient (Wildman–Crippen LogP) is 4.58. The third-order valence-corrected chi connectivity index (χ3v) is 5.09. The molecule has 8 heteroatoms. The minimum Gasteiger partial charge on any atom is -0.483 e. The van der Waals surface area contributed by atoms with Crippen molar-refractivity contribution in [1.29, 1.82) is 0 Å². The summed E-state index contributed by atoms with van der Waals surface area (Å²) in [7, 11) is 0. The molecule has 0 fully saturated rings.